The SMILES string of the molecule is Nc1cccc(C(=O)Nc2ccc(OCC3CCOCC3)cc2)c1. The molecule has 2 aromatic carbocycles. The highest BCUT2D eigenvalue weighted by Crippen LogP contribution is 2.20. The first-order chi connectivity index (χ1) is 11.7. The summed E-state index contributed by atoms with van der Waals surface area (Å²) in [6, 6.07) is 14.3. The summed E-state index contributed by atoms with van der Waals surface area (Å²) in [5.41, 5.74) is 7.53. The van der Waals surface area contributed by atoms with Gasteiger partial charge in [0.05, 0.1) is 6.61 Å². The Kier molecular flexibility index (Phi) is 5.33. The van der Waals surface area contributed by atoms with Crippen LogP contribution in [0.15, 0.2) is 48.5 Å². The maximum atomic E-state index is 12.2. The van der Waals surface area contributed by atoms with E-state index in [0.717, 1.165) is 37.5 Å². The Bertz CT molecular complexity index is 679. The van der Waals surface area contributed by atoms with Crippen LogP contribution in [0.5, 0.6) is 5.75 Å². The third kappa shape index (κ3) is 4.49. The van der Waals surface area contributed by atoms with Crippen LogP contribution in [0.25, 0.3) is 0 Å². The molecule has 0 saturated carbocycles. The fraction of sp³-hybridized carbons (Fsp3) is 0.316. The van der Waals surface area contributed by atoms with Crippen LogP contribution < -0.4 is 15.8 Å². The molecule has 0 atom stereocenters. The zero-order valence-electron chi connectivity index (χ0n) is 13.5. The van der Waals surface area contributed by atoms with Gasteiger partial charge in [0.15, 0.2) is 0 Å². The van der Waals surface area contributed by atoms with E-state index in [1.54, 1.807) is 24.3 Å². The summed E-state index contributed by atoms with van der Waals surface area (Å²) >= 11 is 0. The van der Waals surface area contributed by atoms with Crippen LogP contribution in [0.2, 0.25) is 0 Å². The predicted molar refractivity (Wildman–Crippen MR) is 94.3 cm³/mol. The van der Waals surface area contributed by atoms with Gasteiger partial charge in [-0.15, -0.1) is 0 Å². The number of amides is 1. The van der Waals surface area contributed by atoms with Gasteiger partial charge in [-0.25, -0.2) is 0 Å². The molecule has 1 aliphatic heterocycles. The molecule has 0 spiro atoms. The number of anilines is 2. The molecule has 24 heavy (non-hydrogen) atoms. The molecule has 1 saturated heterocycles. The van der Waals surface area contributed by atoms with Gasteiger partial charge in [0, 0.05) is 30.2 Å². The Labute approximate surface area is 141 Å². The number of carbonyl (C=O) groups excluding carboxylic acids is 1. The molecule has 3 rings (SSSR count). The van der Waals surface area contributed by atoms with Crippen molar-refractivity contribution in [1.29, 1.82) is 0 Å². The molecule has 0 bridgehead atoms. The average Bonchev–Trinajstić information content (AvgIpc) is 2.62. The standard InChI is InChI=1S/C19H22N2O3/c20-16-3-1-2-15(12-16)19(22)21-17-4-6-18(7-5-17)24-13-14-8-10-23-11-9-14/h1-7,12,14H,8-11,13,20H2,(H,21,22). The Hall–Kier alpha value is -2.53. The van der Waals surface area contributed by atoms with Gasteiger partial charge in [0.2, 0.25) is 0 Å². The number of nitrogens with one attached hydrogen (secondary N) is 1. The lowest BCUT2D eigenvalue weighted by atomic mass is 10.0. The molecule has 0 radical (unpaired) electrons. The van der Waals surface area contributed by atoms with Gasteiger partial charge in [-0.05, 0) is 61.2 Å². The lowest BCUT2D eigenvalue weighted by Gasteiger charge is -2.22. The van der Waals surface area contributed by atoms with E-state index in [2.05, 4.69) is 5.32 Å². The number of nitrogens with two attached hydrogens (primary N) is 1. The molecule has 1 heterocycles. The molecular weight excluding hydrogens is 304 g/mol. The van der Waals surface area contributed by atoms with Crippen molar-refractivity contribution in [2.75, 3.05) is 30.9 Å². The van der Waals surface area contributed by atoms with E-state index in [1.165, 1.54) is 0 Å². The monoisotopic (exact) mass is 326 g/mol. The molecule has 5 heteroatoms. The smallest absolute Gasteiger partial charge is 0.255 e. The number of ether oxygens (including phenoxy) is 2. The van der Waals surface area contributed by atoms with E-state index in [9.17, 15) is 4.79 Å². The van der Waals surface area contributed by atoms with Crippen molar-refractivity contribution in [2.45, 2.75) is 12.8 Å². The Balaban J connectivity index is 1.53. The third-order valence-corrected chi connectivity index (χ3v) is 4.09. The first-order valence-electron chi connectivity index (χ1n) is 8.18. The van der Waals surface area contributed by atoms with Gasteiger partial charge >= 0.3 is 0 Å². The minimum Gasteiger partial charge on any atom is -0.493 e. The van der Waals surface area contributed by atoms with Gasteiger partial charge in [-0.3, -0.25) is 4.79 Å². The van der Waals surface area contributed by atoms with Crippen molar-refractivity contribution in [3.63, 3.8) is 0 Å². The molecule has 0 aromatic heterocycles. The Morgan fingerprint density at radius 2 is 1.92 bits per heavy atom. The number of hydrogen-bond donors (Lipinski definition) is 2. The van der Waals surface area contributed by atoms with Crippen molar-refractivity contribution in [3.8, 4) is 5.75 Å². The second-order valence-corrected chi connectivity index (χ2v) is 5.97. The van der Waals surface area contributed by atoms with Gasteiger partial charge < -0.3 is 20.5 Å². The summed E-state index contributed by atoms with van der Waals surface area (Å²) in [6.45, 7) is 2.35. The average molecular weight is 326 g/mol. The van der Waals surface area contributed by atoms with Crippen molar-refractivity contribution in [2.24, 2.45) is 5.92 Å². The van der Waals surface area contributed by atoms with Gasteiger partial charge in [-0.2, -0.15) is 0 Å². The lowest BCUT2D eigenvalue weighted by molar-refractivity contribution is 0.0497. The third-order valence-electron chi connectivity index (χ3n) is 4.09. The van der Waals surface area contributed by atoms with E-state index < -0.39 is 0 Å². The summed E-state index contributed by atoms with van der Waals surface area (Å²) in [5.74, 6) is 1.18. The first-order valence-corrected chi connectivity index (χ1v) is 8.18. The molecule has 0 aliphatic carbocycles. The van der Waals surface area contributed by atoms with E-state index >= 15 is 0 Å². The van der Waals surface area contributed by atoms with Gasteiger partial charge in [0.1, 0.15) is 5.75 Å². The van der Waals surface area contributed by atoms with E-state index in [0.29, 0.717) is 23.8 Å². The summed E-state index contributed by atoms with van der Waals surface area (Å²) in [7, 11) is 0. The number of rotatable bonds is 5. The Morgan fingerprint density at radius 1 is 1.17 bits per heavy atom. The fourth-order valence-electron chi connectivity index (χ4n) is 2.64. The summed E-state index contributed by atoms with van der Waals surface area (Å²) < 4.78 is 11.2. The summed E-state index contributed by atoms with van der Waals surface area (Å²) in [5, 5.41) is 2.85. The molecule has 1 fully saturated rings. The first kappa shape index (κ1) is 16.3. The van der Waals surface area contributed by atoms with Crippen molar-refractivity contribution in [1.82, 2.24) is 0 Å². The normalized spacial score (nSPS) is 15.0. The zero-order valence-corrected chi connectivity index (χ0v) is 13.5. The van der Waals surface area contributed by atoms with Crippen LogP contribution in [-0.4, -0.2) is 25.7 Å². The molecule has 5 nitrogen and oxygen atoms in total. The van der Waals surface area contributed by atoms with Gasteiger partial charge in [-0.1, -0.05) is 6.07 Å². The zero-order chi connectivity index (χ0) is 16.8. The molecular formula is C19H22N2O3. The van der Waals surface area contributed by atoms with Crippen LogP contribution in [0, 0.1) is 5.92 Å². The van der Waals surface area contributed by atoms with Crippen LogP contribution >= 0.6 is 0 Å². The van der Waals surface area contributed by atoms with Crippen LogP contribution in [0.1, 0.15) is 23.2 Å². The molecule has 2 aromatic rings. The van der Waals surface area contributed by atoms with Crippen molar-refractivity contribution in [3.05, 3.63) is 54.1 Å². The highest BCUT2D eigenvalue weighted by atomic mass is 16.5. The van der Waals surface area contributed by atoms with Gasteiger partial charge in [0.25, 0.3) is 5.91 Å². The highest BCUT2D eigenvalue weighted by Gasteiger charge is 2.14. The van der Waals surface area contributed by atoms with E-state index in [-0.39, 0.29) is 5.91 Å². The predicted octanol–water partition coefficient (Wildman–Crippen LogP) is 3.33. The van der Waals surface area contributed by atoms with Crippen molar-refractivity contribution < 1.29 is 14.3 Å². The largest absolute Gasteiger partial charge is 0.493 e. The molecule has 1 aliphatic rings. The number of benzene rings is 2. The minimum absolute atomic E-state index is 0.182. The number of carbonyl (C=O) groups is 1. The second kappa shape index (κ2) is 7.84. The number of hydrogen-bond acceptors (Lipinski definition) is 4. The molecule has 3 N–H and O–H groups in total. The van der Waals surface area contributed by atoms with Crippen LogP contribution in [0.4, 0.5) is 11.4 Å². The maximum Gasteiger partial charge on any atom is 0.255 e. The number of nitrogen functional groups attached to an aromatic ring is 1. The van der Waals surface area contributed by atoms with E-state index in [1.807, 2.05) is 24.3 Å². The topological polar surface area (TPSA) is 73.6 Å². The van der Waals surface area contributed by atoms with Crippen molar-refractivity contribution >= 4 is 17.3 Å². The molecule has 126 valence electrons. The van der Waals surface area contributed by atoms with E-state index in [4.69, 9.17) is 15.2 Å². The highest BCUT2D eigenvalue weighted by molar-refractivity contribution is 6.04. The Morgan fingerprint density at radius 3 is 2.62 bits per heavy atom. The van der Waals surface area contributed by atoms with Crippen LogP contribution in [-0.2, 0) is 4.74 Å². The molecule has 0 unspecified atom stereocenters. The fourth-order valence-corrected chi connectivity index (χ4v) is 2.64. The molecule has 1 amide bonds. The quantitative estimate of drug-likeness (QED) is 0.827. The second-order valence-electron chi connectivity index (χ2n) is 5.97. The minimum atomic E-state index is -0.182. The lowest BCUT2D eigenvalue weighted by Crippen LogP contribution is -2.21. The maximum absolute atomic E-state index is 12.2. The summed E-state index contributed by atoms with van der Waals surface area (Å²) in [4.78, 5) is 12.2. The van der Waals surface area contributed by atoms with Crippen LogP contribution in [0.3, 0.4) is 0 Å². The summed E-state index contributed by atoms with van der Waals surface area (Å²) in [6.07, 6.45) is 2.10.